The van der Waals surface area contributed by atoms with Crippen LogP contribution in [0.2, 0.25) is 0 Å². The van der Waals surface area contributed by atoms with Gasteiger partial charge < -0.3 is 15.0 Å². The van der Waals surface area contributed by atoms with Crippen molar-refractivity contribution in [2.75, 3.05) is 33.9 Å². The SMILES string of the molecule is CNC1CCCN(CCCCCOC)C1=O. The molecule has 1 unspecified atom stereocenters. The van der Waals surface area contributed by atoms with E-state index in [4.69, 9.17) is 4.74 Å². The molecule has 0 spiro atoms. The minimum absolute atomic E-state index is 0.0488. The second-order valence-corrected chi connectivity index (χ2v) is 4.36. The second-order valence-electron chi connectivity index (χ2n) is 4.36. The van der Waals surface area contributed by atoms with Crippen LogP contribution in [0, 0.1) is 0 Å². The van der Waals surface area contributed by atoms with Crippen LogP contribution in [0.4, 0.5) is 0 Å². The molecule has 1 rings (SSSR count). The zero-order valence-corrected chi connectivity index (χ0v) is 10.5. The van der Waals surface area contributed by atoms with Gasteiger partial charge in [0.25, 0.3) is 0 Å². The molecular weight excluding hydrogens is 204 g/mol. The Kier molecular flexibility index (Phi) is 6.42. The molecule has 0 bridgehead atoms. The lowest BCUT2D eigenvalue weighted by atomic mass is 10.0. The molecule has 4 heteroatoms. The minimum Gasteiger partial charge on any atom is -0.385 e. The van der Waals surface area contributed by atoms with Crippen LogP contribution in [0.3, 0.4) is 0 Å². The lowest BCUT2D eigenvalue weighted by Gasteiger charge is -2.32. The van der Waals surface area contributed by atoms with Crippen LogP contribution < -0.4 is 5.32 Å². The van der Waals surface area contributed by atoms with E-state index in [9.17, 15) is 4.79 Å². The zero-order valence-electron chi connectivity index (χ0n) is 10.5. The topological polar surface area (TPSA) is 41.6 Å². The van der Waals surface area contributed by atoms with Gasteiger partial charge in [-0.1, -0.05) is 0 Å². The van der Waals surface area contributed by atoms with Crippen LogP contribution in [0.1, 0.15) is 32.1 Å². The van der Waals surface area contributed by atoms with Gasteiger partial charge in [-0.05, 0) is 39.2 Å². The van der Waals surface area contributed by atoms with E-state index in [1.165, 1.54) is 0 Å². The highest BCUT2D eigenvalue weighted by Gasteiger charge is 2.26. The van der Waals surface area contributed by atoms with E-state index in [-0.39, 0.29) is 11.9 Å². The number of ether oxygens (including phenoxy) is 1. The monoisotopic (exact) mass is 228 g/mol. The number of nitrogens with zero attached hydrogens (tertiary/aromatic N) is 1. The van der Waals surface area contributed by atoms with Crippen LogP contribution in [-0.4, -0.2) is 50.7 Å². The van der Waals surface area contributed by atoms with Crippen molar-refractivity contribution in [1.82, 2.24) is 10.2 Å². The van der Waals surface area contributed by atoms with E-state index in [1.54, 1.807) is 7.11 Å². The van der Waals surface area contributed by atoms with Gasteiger partial charge in [0.1, 0.15) is 0 Å². The molecule has 1 saturated heterocycles. The second kappa shape index (κ2) is 7.63. The maximum Gasteiger partial charge on any atom is 0.239 e. The first-order chi connectivity index (χ1) is 7.79. The van der Waals surface area contributed by atoms with Crippen molar-refractivity contribution in [3.63, 3.8) is 0 Å². The van der Waals surface area contributed by atoms with Crippen molar-refractivity contribution in [2.45, 2.75) is 38.1 Å². The number of carbonyl (C=O) groups is 1. The predicted octanol–water partition coefficient (Wildman–Crippen LogP) is 1.01. The van der Waals surface area contributed by atoms with Crippen LogP contribution >= 0.6 is 0 Å². The van der Waals surface area contributed by atoms with Crippen molar-refractivity contribution >= 4 is 5.91 Å². The molecule has 1 N–H and O–H groups in total. The number of hydrogen-bond acceptors (Lipinski definition) is 3. The van der Waals surface area contributed by atoms with Gasteiger partial charge in [0.05, 0.1) is 6.04 Å². The van der Waals surface area contributed by atoms with Gasteiger partial charge in [0.2, 0.25) is 5.91 Å². The predicted molar refractivity (Wildman–Crippen MR) is 64.4 cm³/mol. The summed E-state index contributed by atoms with van der Waals surface area (Å²) in [5.74, 6) is 0.278. The molecule has 1 fully saturated rings. The molecule has 1 amide bonds. The summed E-state index contributed by atoms with van der Waals surface area (Å²) >= 11 is 0. The van der Waals surface area contributed by atoms with Crippen LogP contribution in [0.15, 0.2) is 0 Å². The molecule has 1 heterocycles. The number of likely N-dealkylation sites (tertiary alicyclic amines) is 1. The molecular formula is C12H24N2O2. The number of methoxy groups -OCH3 is 1. The maximum absolute atomic E-state index is 11.9. The molecule has 1 aliphatic rings. The van der Waals surface area contributed by atoms with Crippen molar-refractivity contribution in [1.29, 1.82) is 0 Å². The number of carbonyl (C=O) groups excluding carboxylic acids is 1. The van der Waals surface area contributed by atoms with Gasteiger partial charge in [-0.25, -0.2) is 0 Å². The van der Waals surface area contributed by atoms with E-state index in [1.807, 2.05) is 11.9 Å². The molecule has 94 valence electrons. The molecule has 0 saturated carbocycles. The Bertz CT molecular complexity index is 209. The summed E-state index contributed by atoms with van der Waals surface area (Å²) in [7, 11) is 3.59. The Labute approximate surface area is 98.3 Å². The van der Waals surface area contributed by atoms with Crippen LogP contribution in [0.25, 0.3) is 0 Å². The smallest absolute Gasteiger partial charge is 0.239 e. The third-order valence-corrected chi connectivity index (χ3v) is 3.16. The number of amides is 1. The number of hydrogen-bond donors (Lipinski definition) is 1. The molecule has 4 nitrogen and oxygen atoms in total. The first-order valence-electron chi connectivity index (χ1n) is 6.24. The molecule has 0 radical (unpaired) electrons. The first-order valence-corrected chi connectivity index (χ1v) is 6.24. The first kappa shape index (κ1) is 13.5. The van der Waals surface area contributed by atoms with Crippen molar-refractivity contribution < 1.29 is 9.53 Å². The van der Waals surface area contributed by atoms with E-state index < -0.39 is 0 Å². The van der Waals surface area contributed by atoms with Gasteiger partial charge in [0, 0.05) is 26.8 Å². The molecule has 0 aromatic heterocycles. The Morgan fingerprint density at radius 3 is 2.94 bits per heavy atom. The summed E-state index contributed by atoms with van der Waals surface area (Å²) in [4.78, 5) is 13.9. The summed E-state index contributed by atoms with van der Waals surface area (Å²) in [5.41, 5.74) is 0. The fourth-order valence-electron chi connectivity index (χ4n) is 2.16. The Morgan fingerprint density at radius 2 is 2.25 bits per heavy atom. The number of piperidine rings is 1. The average molecular weight is 228 g/mol. The standard InChI is InChI=1S/C12H24N2O2/c1-13-11-7-6-9-14(12(11)15)8-4-3-5-10-16-2/h11,13H,3-10H2,1-2H3. The summed E-state index contributed by atoms with van der Waals surface area (Å²) in [6.07, 6.45) is 5.42. The van der Waals surface area contributed by atoms with Gasteiger partial charge in [-0.3, -0.25) is 4.79 Å². The van der Waals surface area contributed by atoms with Crippen molar-refractivity contribution in [3.05, 3.63) is 0 Å². The third kappa shape index (κ3) is 4.10. The molecule has 1 atom stereocenters. The zero-order chi connectivity index (χ0) is 11.8. The van der Waals surface area contributed by atoms with E-state index >= 15 is 0 Å². The van der Waals surface area contributed by atoms with Crippen molar-refractivity contribution in [2.24, 2.45) is 0 Å². The van der Waals surface area contributed by atoms with Crippen LogP contribution in [0.5, 0.6) is 0 Å². The fourth-order valence-corrected chi connectivity index (χ4v) is 2.16. The molecule has 1 aliphatic heterocycles. The highest BCUT2D eigenvalue weighted by molar-refractivity contribution is 5.82. The highest BCUT2D eigenvalue weighted by Crippen LogP contribution is 2.12. The van der Waals surface area contributed by atoms with E-state index in [0.29, 0.717) is 0 Å². The number of likely N-dealkylation sites (N-methyl/N-ethyl adjacent to an activating group) is 1. The molecule has 0 aromatic rings. The lowest BCUT2D eigenvalue weighted by molar-refractivity contribution is -0.135. The van der Waals surface area contributed by atoms with Crippen LogP contribution in [-0.2, 0) is 9.53 Å². The Hall–Kier alpha value is -0.610. The Morgan fingerprint density at radius 1 is 1.44 bits per heavy atom. The van der Waals surface area contributed by atoms with Gasteiger partial charge >= 0.3 is 0 Å². The maximum atomic E-state index is 11.9. The van der Waals surface area contributed by atoms with E-state index in [2.05, 4.69) is 5.32 Å². The summed E-state index contributed by atoms with van der Waals surface area (Å²) in [6, 6.07) is 0.0488. The Balaban J connectivity index is 2.17. The van der Waals surface area contributed by atoms with Gasteiger partial charge in [-0.15, -0.1) is 0 Å². The van der Waals surface area contributed by atoms with Gasteiger partial charge in [0.15, 0.2) is 0 Å². The normalized spacial score (nSPS) is 21.5. The highest BCUT2D eigenvalue weighted by atomic mass is 16.5. The summed E-state index contributed by atoms with van der Waals surface area (Å²) in [6.45, 7) is 2.66. The third-order valence-electron chi connectivity index (χ3n) is 3.16. The fraction of sp³-hybridized carbons (Fsp3) is 0.917. The molecule has 16 heavy (non-hydrogen) atoms. The summed E-state index contributed by atoms with van der Waals surface area (Å²) < 4.78 is 5.00. The number of rotatable bonds is 7. The van der Waals surface area contributed by atoms with Gasteiger partial charge in [-0.2, -0.15) is 0 Å². The lowest BCUT2D eigenvalue weighted by Crippen LogP contribution is -2.49. The molecule has 0 aromatic carbocycles. The number of unbranched alkanes of at least 4 members (excludes halogenated alkanes) is 2. The van der Waals surface area contributed by atoms with E-state index in [0.717, 1.165) is 51.8 Å². The average Bonchev–Trinajstić information content (AvgIpc) is 2.31. The molecule has 0 aliphatic carbocycles. The quantitative estimate of drug-likeness (QED) is 0.661. The summed E-state index contributed by atoms with van der Waals surface area (Å²) in [5, 5.41) is 3.08. The minimum atomic E-state index is 0.0488. The van der Waals surface area contributed by atoms with Crippen molar-refractivity contribution in [3.8, 4) is 0 Å². The largest absolute Gasteiger partial charge is 0.385 e. The number of nitrogens with one attached hydrogen (secondary N) is 1.